The maximum absolute atomic E-state index is 5.83. The second kappa shape index (κ2) is 4.74. The van der Waals surface area contributed by atoms with E-state index in [0.29, 0.717) is 11.4 Å². The quantitative estimate of drug-likeness (QED) is 0.756. The predicted molar refractivity (Wildman–Crippen MR) is 76.2 cm³/mol. The molecule has 0 radical (unpaired) electrons. The number of hydrogen-bond donors (Lipinski definition) is 2. The molecule has 0 atom stereocenters. The van der Waals surface area contributed by atoms with Crippen LogP contribution in [0.3, 0.4) is 0 Å². The molecule has 0 amide bonds. The molecule has 1 aromatic rings. The van der Waals surface area contributed by atoms with Gasteiger partial charge < -0.3 is 11.5 Å². The zero-order valence-corrected chi connectivity index (χ0v) is 9.69. The highest BCUT2D eigenvalue weighted by atomic mass is 14.7. The highest BCUT2D eigenvalue weighted by molar-refractivity contribution is 5.77. The van der Waals surface area contributed by atoms with Gasteiger partial charge >= 0.3 is 0 Å². The Hall–Kier alpha value is -2.22. The van der Waals surface area contributed by atoms with E-state index in [1.54, 1.807) is 6.08 Å². The Bertz CT molecular complexity index is 534. The summed E-state index contributed by atoms with van der Waals surface area (Å²) in [5, 5.41) is 0. The van der Waals surface area contributed by atoms with Gasteiger partial charge in [0.25, 0.3) is 0 Å². The average Bonchev–Trinajstić information content (AvgIpc) is 2.35. The molecule has 0 spiro atoms. The molecule has 0 unspecified atom stereocenters. The van der Waals surface area contributed by atoms with Crippen molar-refractivity contribution >= 4 is 23.5 Å². The van der Waals surface area contributed by atoms with Crippen molar-refractivity contribution in [1.29, 1.82) is 0 Å². The van der Waals surface area contributed by atoms with Crippen LogP contribution in [0.4, 0.5) is 11.4 Å². The maximum Gasteiger partial charge on any atom is 0.0554 e. The van der Waals surface area contributed by atoms with Crippen LogP contribution in [-0.4, -0.2) is 0 Å². The Labute approximate surface area is 102 Å². The number of hydrogen-bond acceptors (Lipinski definition) is 2. The Balaban J connectivity index is 2.44. The van der Waals surface area contributed by atoms with E-state index in [2.05, 4.69) is 24.8 Å². The van der Waals surface area contributed by atoms with Gasteiger partial charge in [0.2, 0.25) is 0 Å². The van der Waals surface area contributed by atoms with E-state index >= 15 is 0 Å². The van der Waals surface area contributed by atoms with Gasteiger partial charge in [0.05, 0.1) is 11.4 Å². The van der Waals surface area contributed by atoms with Crippen LogP contribution in [0.1, 0.15) is 17.5 Å². The predicted octanol–water partition coefficient (Wildman–Crippen LogP) is 3.39. The lowest BCUT2D eigenvalue weighted by Gasteiger charge is -2.08. The monoisotopic (exact) mass is 224 g/mol. The number of anilines is 2. The molecule has 1 aliphatic rings. The van der Waals surface area contributed by atoms with Crippen molar-refractivity contribution in [3.63, 3.8) is 0 Å². The van der Waals surface area contributed by atoms with Gasteiger partial charge in [-0.15, -0.1) is 0 Å². The van der Waals surface area contributed by atoms with Crippen LogP contribution in [-0.2, 0) is 0 Å². The maximum atomic E-state index is 5.83. The lowest BCUT2D eigenvalue weighted by atomic mass is 9.99. The standard InChI is InChI=1S/C15H16N2/c1-2-12-9-14(16)15(17)10-13(12)8-11-6-4-3-5-7-11/h2-6,8-10H,1,7,16-17H2/b11-8-. The molecule has 0 bridgehead atoms. The topological polar surface area (TPSA) is 52.0 Å². The molecule has 0 aliphatic heterocycles. The summed E-state index contributed by atoms with van der Waals surface area (Å²) in [5.41, 5.74) is 16.1. The van der Waals surface area contributed by atoms with Gasteiger partial charge in [0.15, 0.2) is 0 Å². The summed E-state index contributed by atoms with van der Waals surface area (Å²) in [7, 11) is 0. The summed E-state index contributed by atoms with van der Waals surface area (Å²) in [6.07, 6.45) is 13.2. The first-order valence-corrected chi connectivity index (χ1v) is 5.56. The summed E-state index contributed by atoms with van der Waals surface area (Å²) in [4.78, 5) is 0. The minimum absolute atomic E-state index is 0.598. The van der Waals surface area contributed by atoms with Crippen LogP contribution in [0.15, 0.2) is 48.6 Å². The minimum Gasteiger partial charge on any atom is -0.397 e. The largest absolute Gasteiger partial charge is 0.397 e. The summed E-state index contributed by atoms with van der Waals surface area (Å²) >= 11 is 0. The summed E-state index contributed by atoms with van der Waals surface area (Å²) < 4.78 is 0. The van der Waals surface area contributed by atoms with Gasteiger partial charge in [0.1, 0.15) is 0 Å². The van der Waals surface area contributed by atoms with Crippen LogP contribution in [0.5, 0.6) is 0 Å². The molecule has 1 aromatic carbocycles. The van der Waals surface area contributed by atoms with Crippen molar-refractivity contribution in [2.75, 3.05) is 11.5 Å². The zero-order chi connectivity index (χ0) is 12.3. The summed E-state index contributed by atoms with van der Waals surface area (Å²) in [5.74, 6) is 0. The third kappa shape index (κ3) is 2.48. The van der Waals surface area contributed by atoms with Crippen molar-refractivity contribution in [2.24, 2.45) is 0 Å². The summed E-state index contributed by atoms with van der Waals surface area (Å²) in [6, 6.07) is 3.75. The first-order chi connectivity index (χ1) is 8.20. The van der Waals surface area contributed by atoms with Gasteiger partial charge in [-0.05, 0) is 35.3 Å². The highest BCUT2D eigenvalue weighted by Gasteiger charge is 2.03. The zero-order valence-electron chi connectivity index (χ0n) is 9.69. The fourth-order valence-corrected chi connectivity index (χ4v) is 1.81. The Morgan fingerprint density at radius 1 is 1.06 bits per heavy atom. The number of rotatable bonds is 2. The molecule has 0 aromatic heterocycles. The Kier molecular flexibility index (Phi) is 3.15. The van der Waals surface area contributed by atoms with Crippen LogP contribution in [0, 0.1) is 0 Å². The first kappa shape index (κ1) is 11.3. The van der Waals surface area contributed by atoms with E-state index in [0.717, 1.165) is 17.5 Å². The van der Waals surface area contributed by atoms with Crippen molar-refractivity contribution in [3.8, 4) is 0 Å². The average molecular weight is 224 g/mol. The molecule has 2 heteroatoms. The van der Waals surface area contributed by atoms with Gasteiger partial charge in [-0.3, -0.25) is 0 Å². The molecule has 0 heterocycles. The third-order valence-electron chi connectivity index (χ3n) is 2.76. The van der Waals surface area contributed by atoms with Gasteiger partial charge in [0, 0.05) is 0 Å². The SMILES string of the molecule is C=Cc1cc(N)c(N)cc1/C=C1/C=CC=CC1. The molecule has 0 saturated heterocycles. The number of nitrogens with two attached hydrogens (primary N) is 2. The van der Waals surface area contributed by atoms with E-state index in [1.807, 2.05) is 24.3 Å². The molecule has 17 heavy (non-hydrogen) atoms. The second-order valence-corrected chi connectivity index (χ2v) is 4.02. The van der Waals surface area contributed by atoms with Gasteiger partial charge in [-0.25, -0.2) is 0 Å². The number of benzene rings is 1. The van der Waals surface area contributed by atoms with Crippen LogP contribution in [0.2, 0.25) is 0 Å². The van der Waals surface area contributed by atoms with Crippen molar-refractivity contribution in [2.45, 2.75) is 6.42 Å². The van der Waals surface area contributed by atoms with Crippen LogP contribution < -0.4 is 11.5 Å². The molecule has 4 N–H and O–H groups in total. The number of allylic oxidation sites excluding steroid dienone is 5. The minimum atomic E-state index is 0.598. The Morgan fingerprint density at radius 2 is 1.76 bits per heavy atom. The number of nitrogen functional groups attached to an aromatic ring is 2. The van der Waals surface area contributed by atoms with E-state index < -0.39 is 0 Å². The van der Waals surface area contributed by atoms with E-state index in [1.165, 1.54) is 5.57 Å². The smallest absolute Gasteiger partial charge is 0.0554 e. The van der Waals surface area contributed by atoms with Gasteiger partial charge in [-0.2, -0.15) is 0 Å². The van der Waals surface area contributed by atoms with E-state index in [-0.39, 0.29) is 0 Å². The molecule has 0 saturated carbocycles. The fraction of sp³-hybridized carbons (Fsp3) is 0.0667. The van der Waals surface area contributed by atoms with Crippen LogP contribution >= 0.6 is 0 Å². The van der Waals surface area contributed by atoms with E-state index in [9.17, 15) is 0 Å². The molecular formula is C15H16N2. The second-order valence-electron chi connectivity index (χ2n) is 4.02. The van der Waals surface area contributed by atoms with Crippen LogP contribution in [0.25, 0.3) is 12.2 Å². The highest BCUT2D eigenvalue weighted by Crippen LogP contribution is 2.25. The Morgan fingerprint density at radius 3 is 2.35 bits per heavy atom. The molecule has 1 aliphatic carbocycles. The third-order valence-corrected chi connectivity index (χ3v) is 2.76. The summed E-state index contributed by atoms with van der Waals surface area (Å²) in [6.45, 7) is 3.80. The molecular weight excluding hydrogens is 208 g/mol. The lowest BCUT2D eigenvalue weighted by Crippen LogP contribution is -1.97. The van der Waals surface area contributed by atoms with Crippen molar-refractivity contribution in [1.82, 2.24) is 0 Å². The normalized spacial score (nSPS) is 16.4. The molecule has 0 fully saturated rings. The lowest BCUT2D eigenvalue weighted by molar-refractivity contribution is 1.28. The van der Waals surface area contributed by atoms with Gasteiger partial charge in [-0.1, -0.05) is 43.0 Å². The van der Waals surface area contributed by atoms with Crippen molar-refractivity contribution < 1.29 is 0 Å². The molecule has 2 rings (SSSR count). The molecule has 86 valence electrons. The van der Waals surface area contributed by atoms with E-state index in [4.69, 9.17) is 11.5 Å². The first-order valence-electron chi connectivity index (χ1n) is 5.56. The molecule has 2 nitrogen and oxygen atoms in total. The van der Waals surface area contributed by atoms with Crippen molar-refractivity contribution in [3.05, 3.63) is 59.7 Å². The fourth-order valence-electron chi connectivity index (χ4n) is 1.81.